The highest BCUT2D eigenvalue weighted by atomic mass is 16.2. The molecule has 1 fully saturated rings. The lowest BCUT2D eigenvalue weighted by molar-refractivity contribution is 0.0951. The Bertz CT molecular complexity index is 778. The van der Waals surface area contributed by atoms with Gasteiger partial charge >= 0.3 is 0 Å². The topological polar surface area (TPSA) is 61.4 Å². The minimum atomic E-state index is -0.177. The minimum absolute atomic E-state index is 0.103. The van der Waals surface area contributed by atoms with Crippen LogP contribution in [0.5, 0.6) is 0 Å². The minimum Gasteiger partial charge on any atom is -0.372 e. The molecule has 0 aliphatic carbocycles. The molecule has 1 aliphatic heterocycles. The number of nitrogens with one attached hydrogen (secondary N) is 2. The largest absolute Gasteiger partial charge is 0.372 e. The van der Waals surface area contributed by atoms with Crippen molar-refractivity contribution >= 4 is 23.2 Å². The summed E-state index contributed by atoms with van der Waals surface area (Å²) in [5.74, 6) is -0.280. The van der Waals surface area contributed by atoms with Gasteiger partial charge in [0.05, 0.1) is 0 Å². The molecule has 2 aromatic carbocycles. The fourth-order valence-corrected chi connectivity index (χ4v) is 3.36. The van der Waals surface area contributed by atoms with E-state index in [0.717, 1.165) is 31.6 Å². The number of carbonyl (C=O) groups is 2. The molecule has 0 spiro atoms. The fourth-order valence-electron chi connectivity index (χ4n) is 3.36. The van der Waals surface area contributed by atoms with Crippen LogP contribution in [0.2, 0.25) is 0 Å². The Morgan fingerprint density at radius 1 is 0.857 bits per heavy atom. The maximum absolute atomic E-state index is 12.5. The second-order valence-corrected chi connectivity index (χ2v) is 7.24. The van der Waals surface area contributed by atoms with Crippen molar-refractivity contribution in [1.82, 2.24) is 5.32 Å². The maximum Gasteiger partial charge on any atom is 0.255 e. The average molecular weight is 380 g/mol. The smallest absolute Gasteiger partial charge is 0.255 e. The predicted molar refractivity (Wildman–Crippen MR) is 114 cm³/mol. The fraction of sp³-hybridized carbons (Fsp3) is 0.391. The maximum atomic E-state index is 12.5. The summed E-state index contributed by atoms with van der Waals surface area (Å²) >= 11 is 0. The molecule has 1 saturated heterocycles. The van der Waals surface area contributed by atoms with Crippen molar-refractivity contribution in [2.75, 3.05) is 29.9 Å². The zero-order chi connectivity index (χ0) is 19.8. The number of hydrogen-bond acceptors (Lipinski definition) is 3. The lowest BCUT2D eigenvalue weighted by atomic mass is 10.1. The van der Waals surface area contributed by atoms with E-state index in [1.54, 1.807) is 24.3 Å². The summed E-state index contributed by atoms with van der Waals surface area (Å²) in [6.07, 6.45) is 5.79. The molecular weight excluding hydrogens is 350 g/mol. The third-order valence-electron chi connectivity index (χ3n) is 5.07. The molecular formula is C23H29N3O2. The van der Waals surface area contributed by atoms with E-state index in [-0.39, 0.29) is 11.8 Å². The van der Waals surface area contributed by atoms with Crippen molar-refractivity contribution in [1.29, 1.82) is 0 Å². The lowest BCUT2D eigenvalue weighted by Crippen LogP contribution is -2.29. The second-order valence-electron chi connectivity index (χ2n) is 7.24. The number of carbonyl (C=O) groups excluding carboxylic acids is 2. The van der Waals surface area contributed by atoms with Crippen molar-refractivity contribution in [2.24, 2.45) is 0 Å². The van der Waals surface area contributed by atoms with Crippen LogP contribution in [0.1, 0.15) is 59.7 Å². The first-order valence-corrected chi connectivity index (χ1v) is 10.2. The monoisotopic (exact) mass is 379 g/mol. The molecule has 0 atom stereocenters. The van der Waals surface area contributed by atoms with E-state index < -0.39 is 0 Å². The van der Waals surface area contributed by atoms with E-state index in [1.165, 1.54) is 24.9 Å². The van der Waals surface area contributed by atoms with E-state index in [4.69, 9.17) is 0 Å². The highest BCUT2D eigenvalue weighted by Gasteiger charge is 2.12. The highest BCUT2D eigenvalue weighted by molar-refractivity contribution is 6.05. The zero-order valence-electron chi connectivity index (χ0n) is 16.5. The highest BCUT2D eigenvalue weighted by Crippen LogP contribution is 2.22. The number of unbranched alkanes of at least 4 members (excludes halogenated alkanes) is 1. The van der Waals surface area contributed by atoms with E-state index in [0.29, 0.717) is 17.7 Å². The van der Waals surface area contributed by atoms with E-state index in [9.17, 15) is 9.59 Å². The second kappa shape index (κ2) is 9.93. The van der Waals surface area contributed by atoms with Gasteiger partial charge in [0.1, 0.15) is 0 Å². The van der Waals surface area contributed by atoms with Gasteiger partial charge in [-0.05, 0) is 74.2 Å². The van der Waals surface area contributed by atoms with Gasteiger partial charge in [-0.3, -0.25) is 9.59 Å². The molecule has 0 unspecified atom stereocenters. The van der Waals surface area contributed by atoms with Crippen LogP contribution in [0.15, 0.2) is 48.5 Å². The average Bonchev–Trinajstić information content (AvgIpc) is 2.75. The molecule has 5 nitrogen and oxygen atoms in total. The van der Waals surface area contributed by atoms with Crippen LogP contribution in [-0.4, -0.2) is 31.4 Å². The molecule has 148 valence electrons. The Kier molecular flexibility index (Phi) is 7.06. The number of nitrogens with zero attached hydrogens (tertiary/aromatic N) is 1. The summed E-state index contributed by atoms with van der Waals surface area (Å²) in [6, 6.07) is 14.8. The molecule has 0 aromatic heterocycles. The third-order valence-corrected chi connectivity index (χ3v) is 5.07. The molecule has 1 heterocycles. The number of amides is 2. The molecule has 5 heteroatoms. The number of rotatable bonds is 7. The van der Waals surface area contributed by atoms with Crippen molar-refractivity contribution in [2.45, 2.75) is 39.0 Å². The molecule has 2 aromatic rings. The van der Waals surface area contributed by atoms with Crippen LogP contribution < -0.4 is 15.5 Å². The van der Waals surface area contributed by atoms with Crippen LogP contribution in [0.3, 0.4) is 0 Å². The van der Waals surface area contributed by atoms with Gasteiger partial charge in [-0.2, -0.15) is 0 Å². The van der Waals surface area contributed by atoms with Crippen LogP contribution in [0, 0.1) is 0 Å². The first kappa shape index (κ1) is 19.9. The summed E-state index contributed by atoms with van der Waals surface area (Å²) in [5.41, 5.74) is 3.08. The van der Waals surface area contributed by atoms with Crippen LogP contribution in [0.25, 0.3) is 0 Å². The summed E-state index contributed by atoms with van der Waals surface area (Å²) in [7, 11) is 0. The van der Waals surface area contributed by atoms with Gasteiger partial charge in [0, 0.05) is 42.1 Å². The van der Waals surface area contributed by atoms with Crippen LogP contribution >= 0.6 is 0 Å². The number of hydrogen-bond donors (Lipinski definition) is 2. The molecule has 2 amide bonds. The van der Waals surface area contributed by atoms with Crippen LogP contribution in [0.4, 0.5) is 11.4 Å². The van der Waals surface area contributed by atoms with Crippen LogP contribution in [-0.2, 0) is 0 Å². The first-order valence-electron chi connectivity index (χ1n) is 10.2. The third kappa shape index (κ3) is 5.35. The molecule has 1 aliphatic rings. The summed E-state index contributed by atoms with van der Waals surface area (Å²) in [4.78, 5) is 26.9. The van der Waals surface area contributed by atoms with Gasteiger partial charge in [0.25, 0.3) is 11.8 Å². The van der Waals surface area contributed by atoms with Gasteiger partial charge < -0.3 is 15.5 Å². The van der Waals surface area contributed by atoms with Crippen molar-refractivity contribution in [3.05, 3.63) is 59.7 Å². The number of anilines is 2. The SMILES string of the molecule is CCCCNC(=O)c1ccc(C(=O)Nc2ccc(N3CCCCC3)cc2)cc1. The van der Waals surface area contributed by atoms with Crippen molar-refractivity contribution in [3.63, 3.8) is 0 Å². The van der Waals surface area contributed by atoms with Crippen molar-refractivity contribution < 1.29 is 9.59 Å². The Labute approximate surface area is 167 Å². The molecule has 3 rings (SSSR count). The molecule has 0 bridgehead atoms. The number of benzene rings is 2. The van der Waals surface area contributed by atoms with Gasteiger partial charge in [-0.15, -0.1) is 0 Å². The Morgan fingerprint density at radius 3 is 2.07 bits per heavy atom. The van der Waals surface area contributed by atoms with Gasteiger partial charge in [0.2, 0.25) is 0 Å². The predicted octanol–water partition coefficient (Wildman–Crippen LogP) is 4.46. The van der Waals surface area contributed by atoms with Gasteiger partial charge in [-0.25, -0.2) is 0 Å². The van der Waals surface area contributed by atoms with Crippen molar-refractivity contribution in [3.8, 4) is 0 Å². The summed E-state index contributed by atoms with van der Waals surface area (Å²) < 4.78 is 0. The molecule has 0 radical (unpaired) electrons. The Hall–Kier alpha value is -2.82. The summed E-state index contributed by atoms with van der Waals surface area (Å²) in [5, 5.41) is 5.80. The van der Waals surface area contributed by atoms with E-state index in [1.807, 2.05) is 12.1 Å². The standard InChI is InChI=1S/C23H29N3O2/c1-2-3-15-24-22(27)18-7-9-19(10-8-18)23(28)25-20-11-13-21(14-12-20)26-16-5-4-6-17-26/h7-14H,2-6,15-17H2,1H3,(H,24,27)(H,25,28). The molecule has 2 N–H and O–H groups in total. The number of piperidine rings is 1. The van der Waals surface area contributed by atoms with Gasteiger partial charge in [0.15, 0.2) is 0 Å². The quantitative estimate of drug-likeness (QED) is 0.698. The Morgan fingerprint density at radius 2 is 1.46 bits per heavy atom. The normalized spacial score (nSPS) is 13.8. The van der Waals surface area contributed by atoms with E-state index in [2.05, 4.69) is 34.6 Å². The zero-order valence-corrected chi connectivity index (χ0v) is 16.5. The van der Waals surface area contributed by atoms with Gasteiger partial charge in [-0.1, -0.05) is 13.3 Å². The van der Waals surface area contributed by atoms with E-state index >= 15 is 0 Å². The summed E-state index contributed by atoms with van der Waals surface area (Å²) in [6.45, 7) is 4.96. The molecule has 28 heavy (non-hydrogen) atoms. The molecule has 0 saturated carbocycles. The first-order chi connectivity index (χ1) is 13.7. The Balaban J connectivity index is 1.56. The lowest BCUT2D eigenvalue weighted by Gasteiger charge is -2.28.